The second-order valence-electron chi connectivity index (χ2n) is 7.11. The van der Waals surface area contributed by atoms with E-state index in [1.54, 1.807) is 26.8 Å². The van der Waals surface area contributed by atoms with E-state index >= 15 is 0 Å². The summed E-state index contributed by atoms with van der Waals surface area (Å²) >= 11 is 1.35. The van der Waals surface area contributed by atoms with E-state index < -0.39 is 11.6 Å². The Balaban J connectivity index is 2.26. The Labute approximate surface area is 152 Å². The highest BCUT2D eigenvalue weighted by Gasteiger charge is 2.30. The van der Waals surface area contributed by atoms with Crippen molar-refractivity contribution in [2.24, 2.45) is 0 Å². The van der Waals surface area contributed by atoms with Crippen LogP contribution in [-0.2, 0) is 9.53 Å². The summed E-state index contributed by atoms with van der Waals surface area (Å²) < 4.78 is 5.25. The van der Waals surface area contributed by atoms with Crippen molar-refractivity contribution in [2.75, 3.05) is 19.8 Å². The van der Waals surface area contributed by atoms with Crippen LogP contribution in [0.3, 0.4) is 0 Å². The van der Waals surface area contributed by atoms with Gasteiger partial charge in [0.15, 0.2) is 0 Å². The molecule has 0 radical (unpaired) electrons. The third kappa shape index (κ3) is 4.95. The number of ether oxygens (including phenoxy) is 1. The maximum absolute atomic E-state index is 12.8. The lowest BCUT2D eigenvalue weighted by Gasteiger charge is -2.23. The largest absolute Gasteiger partial charge is 0.459 e. The molecular weight excluding hydrogens is 338 g/mol. The van der Waals surface area contributed by atoms with E-state index in [0.717, 1.165) is 18.5 Å². The van der Waals surface area contributed by atoms with Crippen LogP contribution in [0.2, 0.25) is 0 Å². The van der Waals surface area contributed by atoms with Gasteiger partial charge in [0, 0.05) is 18.7 Å². The fourth-order valence-electron chi connectivity index (χ4n) is 2.40. The first-order valence-electron chi connectivity index (χ1n) is 8.12. The van der Waals surface area contributed by atoms with Crippen LogP contribution in [0.25, 0.3) is 0 Å². The van der Waals surface area contributed by atoms with E-state index in [1.165, 1.54) is 23.7 Å². The summed E-state index contributed by atoms with van der Waals surface area (Å²) in [5.41, 5.74) is 0.797. The Morgan fingerprint density at radius 3 is 2.56 bits per heavy atom. The highest BCUT2D eigenvalue weighted by atomic mass is 32.2. The number of carbonyl (C=O) groups excluding carboxylic acids is 2. The van der Waals surface area contributed by atoms with Crippen molar-refractivity contribution < 1.29 is 14.3 Å². The molecule has 1 aromatic rings. The smallest absolute Gasteiger partial charge is 0.326 e. The Hall–Kier alpha value is -2.07. The third-order valence-electron chi connectivity index (χ3n) is 3.67. The average Bonchev–Trinajstić information content (AvgIpc) is 3.35. The van der Waals surface area contributed by atoms with Crippen molar-refractivity contribution in [3.63, 3.8) is 0 Å². The van der Waals surface area contributed by atoms with E-state index in [4.69, 9.17) is 4.74 Å². The molecule has 1 aromatic heterocycles. The van der Waals surface area contributed by atoms with Crippen molar-refractivity contribution in [3.8, 4) is 6.07 Å². The number of nitrogens with zero attached hydrogens (tertiary/aromatic N) is 3. The monoisotopic (exact) mass is 361 g/mol. The van der Waals surface area contributed by atoms with Gasteiger partial charge >= 0.3 is 5.97 Å². The Morgan fingerprint density at radius 1 is 1.44 bits per heavy atom. The molecule has 0 atom stereocenters. The molecule has 6 nitrogen and oxygen atoms in total. The van der Waals surface area contributed by atoms with Crippen molar-refractivity contribution in [1.29, 1.82) is 5.26 Å². The molecule has 25 heavy (non-hydrogen) atoms. The summed E-state index contributed by atoms with van der Waals surface area (Å²) in [6.07, 6.45) is 3.93. The molecule has 1 amide bonds. The Kier molecular flexibility index (Phi) is 5.73. The predicted molar refractivity (Wildman–Crippen MR) is 95.5 cm³/mol. The van der Waals surface area contributed by atoms with Gasteiger partial charge in [0.25, 0.3) is 5.91 Å². The second-order valence-corrected chi connectivity index (χ2v) is 7.91. The highest BCUT2D eigenvalue weighted by molar-refractivity contribution is 7.98. The molecule has 1 heterocycles. The lowest BCUT2D eigenvalue weighted by atomic mass is 10.1. The van der Waals surface area contributed by atoms with Crippen molar-refractivity contribution in [2.45, 2.75) is 50.2 Å². The summed E-state index contributed by atoms with van der Waals surface area (Å²) in [6, 6.07) is 3.78. The van der Waals surface area contributed by atoms with E-state index in [9.17, 15) is 14.9 Å². The first-order chi connectivity index (χ1) is 11.7. The van der Waals surface area contributed by atoms with Crippen LogP contribution >= 0.6 is 11.8 Å². The molecule has 0 spiro atoms. The highest BCUT2D eigenvalue weighted by Crippen LogP contribution is 2.40. The number of hydrogen-bond donors (Lipinski definition) is 0. The van der Waals surface area contributed by atoms with Gasteiger partial charge in [-0.1, -0.05) is 0 Å². The van der Waals surface area contributed by atoms with Crippen LogP contribution in [-0.4, -0.2) is 47.2 Å². The number of aromatic nitrogens is 1. The van der Waals surface area contributed by atoms with Crippen LogP contribution in [0, 0.1) is 11.3 Å². The summed E-state index contributed by atoms with van der Waals surface area (Å²) in [6.45, 7) is 5.15. The van der Waals surface area contributed by atoms with Crippen LogP contribution in [0.4, 0.5) is 0 Å². The number of carbonyl (C=O) groups is 2. The average molecular weight is 361 g/mol. The summed E-state index contributed by atoms with van der Waals surface area (Å²) in [4.78, 5) is 30.6. The molecular formula is C18H23N3O3S. The van der Waals surface area contributed by atoms with Gasteiger partial charge < -0.3 is 9.64 Å². The van der Waals surface area contributed by atoms with E-state index in [1.807, 2.05) is 6.26 Å². The molecule has 0 saturated heterocycles. The topological polar surface area (TPSA) is 83.3 Å². The van der Waals surface area contributed by atoms with Gasteiger partial charge in [0.1, 0.15) is 23.2 Å². The van der Waals surface area contributed by atoms with E-state index in [0.29, 0.717) is 16.5 Å². The normalized spacial score (nSPS) is 13.9. The molecule has 0 N–H and O–H groups in total. The second kappa shape index (κ2) is 7.44. The van der Waals surface area contributed by atoms with E-state index in [-0.39, 0.29) is 18.0 Å². The summed E-state index contributed by atoms with van der Waals surface area (Å²) in [5.74, 6) is -0.494. The fraction of sp³-hybridized carbons (Fsp3) is 0.556. The lowest BCUT2D eigenvalue weighted by Crippen LogP contribution is -2.36. The molecule has 0 bridgehead atoms. The number of nitriles is 1. The molecule has 7 heteroatoms. The first-order valence-corrected chi connectivity index (χ1v) is 9.35. The Morgan fingerprint density at radius 2 is 2.08 bits per heavy atom. The predicted octanol–water partition coefficient (Wildman–Crippen LogP) is 2.97. The Bertz CT molecular complexity index is 730. The number of rotatable bonds is 5. The molecule has 1 aliphatic carbocycles. The maximum Gasteiger partial charge on any atom is 0.326 e. The van der Waals surface area contributed by atoms with Crippen molar-refractivity contribution in [3.05, 3.63) is 22.9 Å². The minimum absolute atomic E-state index is 0.170. The van der Waals surface area contributed by atoms with Crippen LogP contribution in [0.1, 0.15) is 61.1 Å². The standard InChI is InChI=1S/C18H23N3O3S/c1-18(2,3)24-15(22)10-21(4)17(23)12-8-14(11-6-7-11)20-16(25-5)13(12)9-19/h8,11H,6-7,10H2,1-5H3. The quantitative estimate of drug-likeness (QED) is 0.592. The van der Waals surface area contributed by atoms with Gasteiger partial charge in [-0.15, -0.1) is 11.8 Å². The number of amides is 1. The number of pyridine rings is 1. The molecule has 1 saturated carbocycles. The van der Waals surface area contributed by atoms with Crippen LogP contribution in [0.5, 0.6) is 0 Å². The van der Waals surface area contributed by atoms with Gasteiger partial charge in [-0.3, -0.25) is 9.59 Å². The number of likely N-dealkylation sites (N-methyl/N-ethyl adjacent to an activating group) is 1. The number of thioether (sulfide) groups is 1. The van der Waals surface area contributed by atoms with Crippen molar-refractivity contribution in [1.82, 2.24) is 9.88 Å². The van der Waals surface area contributed by atoms with E-state index in [2.05, 4.69) is 11.1 Å². The zero-order valence-electron chi connectivity index (χ0n) is 15.3. The van der Waals surface area contributed by atoms with Crippen molar-refractivity contribution >= 4 is 23.6 Å². The fourth-order valence-corrected chi connectivity index (χ4v) is 2.95. The van der Waals surface area contributed by atoms with Crippen LogP contribution < -0.4 is 0 Å². The maximum atomic E-state index is 12.8. The van der Waals surface area contributed by atoms with Gasteiger partial charge in [-0.2, -0.15) is 5.26 Å². The molecule has 1 aliphatic rings. The van der Waals surface area contributed by atoms with Crippen LogP contribution in [0.15, 0.2) is 11.1 Å². The zero-order chi connectivity index (χ0) is 18.8. The molecule has 2 rings (SSSR count). The third-order valence-corrected chi connectivity index (χ3v) is 4.35. The van der Waals surface area contributed by atoms with Gasteiger partial charge in [0.05, 0.1) is 11.1 Å². The SMILES string of the molecule is CSc1nc(C2CC2)cc(C(=O)N(C)CC(=O)OC(C)(C)C)c1C#N. The molecule has 1 fully saturated rings. The molecule has 0 aliphatic heterocycles. The molecule has 0 aromatic carbocycles. The molecule has 0 unspecified atom stereocenters. The summed E-state index contributed by atoms with van der Waals surface area (Å²) in [7, 11) is 1.53. The zero-order valence-corrected chi connectivity index (χ0v) is 16.1. The summed E-state index contributed by atoms with van der Waals surface area (Å²) in [5, 5.41) is 10.0. The minimum atomic E-state index is -0.611. The van der Waals surface area contributed by atoms with Gasteiger partial charge in [-0.05, 0) is 45.9 Å². The van der Waals surface area contributed by atoms with Gasteiger partial charge in [-0.25, -0.2) is 4.98 Å². The first kappa shape index (κ1) is 19.3. The molecule has 134 valence electrons. The van der Waals surface area contributed by atoms with Gasteiger partial charge in [0.2, 0.25) is 0 Å². The minimum Gasteiger partial charge on any atom is -0.459 e. The lowest BCUT2D eigenvalue weighted by molar-refractivity contribution is -0.155. The number of hydrogen-bond acceptors (Lipinski definition) is 6. The number of esters is 1.